The van der Waals surface area contributed by atoms with Crippen molar-refractivity contribution >= 4 is 41.7 Å². The number of hydrogen-bond acceptors (Lipinski definition) is 3. The minimum absolute atomic E-state index is 0. The number of halogens is 1. The van der Waals surface area contributed by atoms with Crippen LogP contribution in [0.15, 0.2) is 4.99 Å². The molecule has 0 aromatic carbocycles. The van der Waals surface area contributed by atoms with E-state index in [4.69, 9.17) is 0 Å². The fourth-order valence-corrected chi connectivity index (χ4v) is 2.58. The molecule has 0 aliphatic carbocycles. The highest BCUT2D eigenvalue weighted by Crippen LogP contribution is 2.10. The summed E-state index contributed by atoms with van der Waals surface area (Å²) in [6.07, 6.45) is 5.84. The lowest BCUT2D eigenvalue weighted by Gasteiger charge is -2.33. The standard InChI is InChI=1S/C14H30N4S.HI/c1-5-8-18-9-6-13(7-10-18)17-14(15-3)16-11-12(2)19-4;/h12-13H,5-11H2,1-4H3,(H2,15,16,17);1H. The van der Waals surface area contributed by atoms with Gasteiger partial charge in [-0.1, -0.05) is 13.8 Å². The lowest BCUT2D eigenvalue weighted by molar-refractivity contribution is 0.206. The van der Waals surface area contributed by atoms with E-state index in [9.17, 15) is 0 Å². The van der Waals surface area contributed by atoms with Crippen LogP contribution in [-0.4, -0.2) is 61.6 Å². The molecule has 1 unspecified atom stereocenters. The van der Waals surface area contributed by atoms with Crippen LogP contribution in [0, 0.1) is 0 Å². The van der Waals surface area contributed by atoms with Crippen LogP contribution in [0.1, 0.15) is 33.1 Å². The van der Waals surface area contributed by atoms with Crippen LogP contribution in [0.2, 0.25) is 0 Å². The van der Waals surface area contributed by atoms with E-state index in [-0.39, 0.29) is 24.0 Å². The van der Waals surface area contributed by atoms with Crippen molar-refractivity contribution in [3.05, 3.63) is 0 Å². The molecule has 1 atom stereocenters. The molecule has 1 aliphatic rings. The number of nitrogens with one attached hydrogen (secondary N) is 2. The van der Waals surface area contributed by atoms with Crippen LogP contribution in [-0.2, 0) is 0 Å². The molecule has 1 heterocycles. The molecule has 1 fully saturated rings. The van der Waals surface area contributed by atoms with Gasteiger partial charge in [0, 0.05) is 38.0 Å². The van der Waals surface area contributed by atoms with Crippen molar-refractivity contribution in [2.75, 3.05) is 39.5 Å². The molecule has 1 rings (SSSR count). The minimum Gasteiger partial charge on any atom is -0.355 e. The fraction of sp³-hybridized carbons (Fsp3) is 0.929. The molecular weight excluding hydrogens is 383 g/mol. The Balaban J connectivity index is 0.00000361. The van der Waals surface area contributed by atoms with Crippen molar-refractivity contribution in [2.24, 2.45) is 4.99 Å². The van der Waals surface area contributed by atoms with Gasteiger partial charge in [-0.15, -0.1) is 24.0 Å². The predicted octanol–water partition coefficient (Wildman–Crippen LogP) is 2.40. The minimum atomic E-state index is 0. The molecule has 4 nitrogen and oxygen atoms in total. The predicted molar refractivity (Wildman–Crippen MR) is 103 cm³/mol. The van der Waals surface area contributed by atoms with Gasteiger partial charge in [0.15, 0.2) is 5.96 Å². The molecular formula is C14H31IN4S. The third-order valence-electron chi connectivity index (χ3n) is 3.65. The number of hydrogen-bond donors (Lipinski definition) is 2. The largest absolute Gasteiger partial charge is 0.355 e. The van der Waals surface area contributed by atoms with E-state index >= 15 is 0 Å². The van der Waals surface area contributed by atoms with Gasteiger partial charge in [0.25, 0.3) is 0 Å². The number of aliphatic imine (C=N–C) groups is 1. The number of rotatable bonds is 6. The molecule has 0 spiro atoms. The molecule has 2 N–H and O–H groups in total. The maximum absolute atomic E-state index is 4.32. The number of thioether (sulfide) groups is 1. The number of likely N-dealkylation sites (tertiary alicyclic amines) is 1. The summed E-state index contributed by atoms with van der Waals surface area (Å²) in [5.41, 5.74) is 0. The molecule has 0 aromatic rings. The van der Waals surface area contributed by atoms with Gasteiger partial charge in [0.1, 0.15) is 0 Å². The first-order valence-electron chi connectivity index (χ1n) is 7.41. The van der Waals surface area contributed by atoms with Gasteiger partial charge in [-0.05, 0) is 32.1 Å². The molecule has 1 aliphatic heterocycles. The molecule has 0 aromatic heterocycles. The lowest BCUT2D eigenvalue weighted by atomic mass is 10.1. The Morgan fingerprint density at radius 3 is 2.55 bits per heavy atom. The molecule has 1 saturated heterocycles. The van der Waals surface area contributed by atoms with Crippen LogP contribution in [0.4, 0.5) is 0 Å². The Hall–Kier alpha value is 0.310. The SMILES string of the molecule is CCCN1CCC(NC(=NC)NCC(C)SC)CC1.I. The summed E-state index contributed by atoms with van der Waals surface area (Å²) >= 11 is 1.88. The number of guanidine groups is 1. The summed E-state index contributed by atoms with van der Waals surface area (Å²) in [5, 5.41) is 7.57. The third kappa shape index (κ3) is 7.93. The van der Waals surface area contributed by atoms with Gasteiger partial charge in [0.05, 0.1) is 0 Å². The Kier molecular flexibility index (Phi) is 12.1. The molecule has 6 heteroatoms. The molecule has 0 bridgehead atoms. The summed E-state index contributed by atoms with van der Waals surface area (Å²) in [5.74, 6) is 0.954. The molecule has 120 valence electrons. The maximum Gasteiger partial charge on any atom is 0.191 e. The van der Waals surface area contributed by atoms with E-state index in [1.165, 1.54) is 38.9 Å². The Labute approximate surface area is 145 Å². The van der Waals surface area contributed by atoms with Gasteiger partial charge >= 0.3 is 0 Å². The van der Waals surface area contributed by atoms with Gasteiger partial charge in [-0.3, -0.25) is 4.99 Å². The zero-order valence-corrected chi connectivity index (χ0v) is 16.5. The maximum atomic E-state index is 4.32. The second kappa shape index (κ2) is 11.9. The van der Waals surface area contributed by atoms with E-state index in [0.29, 0.717) is 11.3 Å². The van der Waals surface area contributed by atoms with E-state index in [0.717, 1.165) is 12.5 Å². The normalized spacial score (nSPS) is 19.3. The number of nitrogens with zero attached hydrogens (tertiary/aromatic N) is 2. The summed E-state index contributed by atoms with van der Waals surface area (Å²) in [4.78, 5) is 6.88. The van der Waals surface area contributed by atoms with Crippen molar-refractivity contribution in [3.63, 3.8) is 0 Å². The van der Waals surface area contributed by atoms with E-state index in [2.05, 4.69) is 40.6 Å². The summed E-state index contributed by atoms with van der Waals surface area (Å²) < 4.78 is 0. The lowest BCUT2D eigenvalue weighted by Crippen LogP contribution is -2.49. The molecule has 20 heavy (non-hydrogen) atoms. The highest BCUT2D eigenvalue weighted by atomic mass is 127. The first-order chi connectivity index (χ1) is 9.19. The first-order valence-corrected chi connectivity index (χ1v) is 8.70. The van der Waals surface area contributed by atoms with E-state index in [1.807, 2.05) is 18.8 Å². The van der Waals surface area contributed by atoms with E-state index < -0.39 is 0 Å². The quantitative estimate of drug-likeness (QED) is 0.398. The van der Waals surface area contributed by atoms with Crippen molar-refractivity contribution in [1.82, 2.24) is 15.5 Å². The van der Waals surface area contributed by atoms with Gasteiger partial charge in [-0.25, -0.2) is 0 Å². The molecule has 0 saturated carbocycles. The van der Waals surface area contributed by atoms with Crippen molar-refractivity contribution in [3.8, 4) is 0 Å². The van der Waals surface area contributed by atoms with Crippen LogP contribution < -0.4 is 10.6 Å². The average molecular weight is 414 g/mol. The molecule has 0 amide bonds. The fourth-order valence-electron chi connectivity index (χ4n) is 2.33. The smallest absolute Gasteiger partial charge is 0.191 e. The third-order valence-corrected chi connectivity index (χ3v) is 4.62. The second-order valence-electron chi connectivity index (χ2n) is 5.26. The monoisotopic (exact) mass is 414 g/mol. The zero-order chi connectivity index (χ0) is 14.1. The van der Waals surface area contributed by atoms with Crippen LogP contribution in [0.3, 0.4) is 0 Å². The Bertz CT molecular complexity index is 268. The second-order valence-corrected chi connectivity index (χ2v) is 6.54. The van der Waals surface area contributed by atoms with E-state index in [1.54, 1.807) is 0 Å². The molecule has 0 radical (unpaired) electrons. The number of piperidine rings is 1. The van der Waals surface area contributed by atoms with Crippen molar-refractivity contribution in [1.29, 1.82) is 0 Å². The van der Waals surface area contributed by atoms with Gasteiger partial charge in [0.2, 0.25) is 0 Å². The van der Waals surface area contributed by atoms with Gasteiger partial charge < -0.3 is 15.5 Å². The van der Waals surface area contributed by atoms with Crippen LogP contribution >= 0.6 is 35.7 Å². The summed E-state index contributed by atoms with van der Waals surface area (Å²) in [6.45, 7) is 9.12. The topological polar surface area (TPSA) is 39.7 Å². The zero-order valence-electron chi connectivity index (χ0n) is 13.3. The first kappa shape index (κ1) is 20.3. The van der Waals surface area contributed by atoms with Crippen LogP contribution in [0.25, 0.3) is 0 Å². The van der Waals surface area contributed by atoms with Gasteiger partial charge in [-0.2, -0.15) is 11.8 Å². The average Bonchev–Trinajstić information content (AvgIpc) is 2.45. The van der Waals surface area contributed by atoms with Crippen molar-refractivity contribution < 1.29 is 0 Å². The highest BCUT2D eigenvalue weighted by Gasteiger charge is 2.19. The Morgan fingerprint density at radius 2 is 2.05 bits per heavy atom. The highest BCUT2D eigenvalue weighted by molar-refractivity contribution is 14.0. The summed E-state index contributed by atoms with van der Waals surface area (Å²) in [7, 11) is 1.85. The Morgan fingerprint density at radius 1 is 1.40 bits per heavy atom. The summed E-state index contributed by atoms with van der Waals surface area (Å²) in [6, 6.07) is 0.573. The van der Waals surface area contributed by atoms with Crippen LogP contribution in [0.5, 0.6) is 0 Å². The van der Waals surface area contributed by atoms with Crippen molar-refractivity contribution in [2.45, 2.75) is 44.4 Å².